The number of benzene rings is 3. The van der Waals surface area contributed by atoms with Crippen molar-refractivity contribution in [2.24, 2.45) is 25.4 Å². The van der Waals surface area contributed by atoms with E-state index < -0.39 is 27.8 Å². The van der Waals surface area contributed by atoms with E-state index in [4.69, 9.17) is 14.0 Å². The molecule has 0 aliphatic carbocycles. The molecule has 192 valence electrons. The van der Waals surface area contributed by atoms with Gasteiger partial charge in [-0.05, 0) is 73.5 Å². The Labute approximate surface area is 241 Å². The molecule has 1 unspecified atom stereocenters. The molecule has 38 heavy (non-hydrogen) atoms. The van der Waals surface area contributed by atoms with Crippen molar-refractivity contribution in [2.45, 2.75) is 17.9 Å². The molecule has 0 aliphatic rings. The molecule has 1 N–H and O–H groups in total. The normalized spacial score (nSPS) is 12.8. The van der Waals surface area contributed by atoms with Crippen LogP contribution in [0.3, 0.4) is 0 Å². The first-order valence-corrected chi connectivity index (χ1v) is 12.0. The summed E-state index contributed by atoms with van der Waals surface area (Å²) in [6.45, 7) is 1.22. The number of ether oxygens (including phenoxy) is 2. The molecule has 0 fully saturated rings. The molecule has 0 amide bonds. The number of azo groups is 2. The minimum Gasteiger partial charge on any atom is -0.860 e. The summed E-state index contributed by atoms with van der Waals surface area (Å²) in [6, 6.07) is 14.7. The number of nitrogens with zero attached hydrogens (tertiary/aromatic N) is 5. The molecule has 0 heterocycles. The minimum atomic E-state index is -4.29. The quantitative estimate of drug-likeness (QED) is 0.132. The molecule has 14 heteroatoms. The van der Waals surface area contributed by atoms with E-state index in [0.29, 0.717) is 28.6 Å². The third kappa shape index (κ3) is 8.53. The topological polar surface area (TPSA) is 175 Å². The Morgan fingerprint density at radius 1 is 0.868 bits per heavy atom. The van der Waals surface area contributed by atoms with Crippen LogP contribution in [0.2, 0.25) is 0 Å². The molecular formula is C24H22N5NaO7S. The number of hydrogen-bond acceptors (Lipinski definition) is 11. The molecular weight excluding hydrogens is 525 g/mol. The maximum absolute atomic E-state index is 12.6. The molecule has 3 aromatic rings. The molecule has 3 aromatic carbocycles. The van der Waals surface area contributed by atoms with Gasteiger partial charge in [-0.1, -0.05) is 0 Å². The first-order chi connectivity index (χ1) is 17.6. The summed E-state index contributed by atoms with van der Waals surface area (Å²) in [5, 5.41) is 28.5. The van der Waals surface area contributed by atoms with E-state index in [1.807, 2.05) is 0 Å². The van der Waals surface area contributed by atoms with Gasteiger partial charge in [0.2, 0.25) is 0 Å². The zero-order valence-electron chi connectivity index (χ0n) is 21.0. The fraction of sp³-hybridized carbons (Fsp3) is 0.167. The second-order valence-corrected chi connectivity index (χ2v) is 8.82. The van der Waals surface area contributed by atoms with Crippen molar-refractivity contribution in [2.75, 3.05) is 14.2 Å². The van der Waals surface area contributed by atoms with Crippen LogP contribution in [0.25, 0.3) is 0 Å². The summed E-state index contributed by atoms with van der Waals surface area (Å²) in [4.78, 5) is 15.7. The van der Waals surface area contributed by atoms with Crippen LogP contribution in [0.1, 0.15) is 6.92 Å². The first kappa shape index (κ1) is 30.7. The van der Waals surface area contributed by atoms with Gasteiger partial charge in [0.05, 0.1) is 36.2 Å². The molecule has 0 aromatic heterocycles. The number of ketones is 1. The van der Waals surface area contributed by atoms with Gasteiger partial charge in [0.25, 0.3) is 10.1 Å². The standard InChI is InChI=1S/C24H23N5O7S.Na/c1-15(30)23(24(31)25-21-13-10-19(35-2)14-22(21)36-3)29-28-17-6-4-16(5-7-17)26-27-18-8-11-20(12-9-18)37(32,33)34;/h4-14,23H,1-3H3,(H,25,31)(H,32,33,34);/q;+1/p-1. The summed E-state index contributed by atoms with van der Waals surface area (Å²) < 4.78 is 41.5. The molecule has 3 rings (SSSR count). The summed E-state index contributed by atoms with van der Waals surface area (Å²) >= 11 is 0. The number of rotatable bonds is 10. The Balaban J connectivity index is 0.00000507. The average Bonchev–Trinajstić information content (AvgIpc) is 2.88. The molecule has 0 bridgehead atoms. The Bertz CT molecular complexity index is 1460. The summed E-state index contributed by atoms with van der Waals surface area (Å²) in [6.07, 6.45) is 0. The minimum absolute atomic E-state index is 0. The third-order valence-electron chi connectivity index (χ3n) is 4.79. The van der Waals surface area contributed by atoms with Crippen molar-refractivity contribution in [3.63, 3.8) is 0 Å². The number of Topliss-reactive ketones (excluding diaryl/α,β-unsaturated/α-hetero) is 1. The van der Waals surface area contributed by atoms with E-state index in [0.717, 1.165) is 0 Å². The van der Waals surface area contributed by atoms with Gasteiger partial charge in [0, 0.05) is 6.07 Å². The molecule has 0 saturated heterocycles. The maximum atomic E-state index is 12.6. The zero-order valence-corrected chi connectivity index (χ0v) is 23.8. The number of carbonyl (C=O) groups is 1. The van der Waals surface area contributed by atoms with Gasteiger partial charge in [0.15, 0.2) is 11.8 Å². The SMILES string of the molecule is COc1ccc(N=C([O-])C(N=Nc2ccc(N=Nc3ccc(S(=O)(=O)O)cc3)cc2)C(C)=O)c(OC)c1.[Na+]. The second kappa shape index (κ2) is 13.9. The molecule has 0 radical (unpaired) electrons. The summed E-state index contributed by atoms with van der Waals surface area (Å²) in [5.41, 5.74) is 1.41. The number of methoxy groups -OCH3 is 2. The van der Waals surface area contributed by atoms with Crippen LogP contribution in [-0.2, 0) is 14.9 Å². The Morgan fingerprint density at radius 2 is 1.39 bits per heavy atom. The number of aliphatic imine (C=N–C) groups is 1. The van der Waals surface area contributed by atoms with Crippen LogP contribution < -0.4 is 44.1 Å². The van der Waals surface area contributed by atoms with E-state index in [2.05, 4.69) is 25.4 Å². The zero-order chi connectivity index (χ0) is 27.0. The van der Waals surface area contributed by atoms with E-state index in [9.17, 15) is 18.3 Å². The number of hydrogen-bond donors (Lipinski definition) is 1. The average molecular weight is 548 g/mol. The molecule has 1 atom stereocenters. The summed E-state index contributed by atoms with van der Waals surface area (Å²) in [7, 11) is -1.37. The van der Waals surface area contributed by atoms with Gasteiger partial charge >= 0.3 is 29.6 Å². The van der Waals surface area contributed by atoms with Gasteiger partial charge in [-0.2, -0.15) is 28.9 Å². The van der Waals surface area contributed by atoms with Gasteiger partial charge in [-0.25, -0.2) is 0 Å². The fourth-order valence-electron chi connectivity index (χ4n) is 2.87. The van der Waals surface area contributed by atoms with E-state index in [1.54, 1.807) is 36.4 Å². The monoisotopic (exact) mass is 547 g/mol. The van der Waals surface area contributed by atoms with Crippen LogP contribution in [0.5, 0.6) is 11.5 Å². The Hall–Kier alpha value is -3.49. The van der Waals surface area contributed by atoms with Gasteiger partial charge in [-0.15, -0.1) is 0 Å². The van der Waals surface area contributed by atoms with Gasteiger partial charge in [0.1, 0.15) is 17.2 Å². The molecule has 12 nitrogen and oxygen atoms in total. The van der Waals surface area contributed by atoms with E-state index >= 15 is 0 Å². The van der Waals surface area contributed by atoms with Crippen molar-refractivity contribution < 1.29 is 61.9 Å². The molecule has 0 spiro atoms. The molecule has 0 aliphatic heterocycles. The Kier molecular flexibility index (Phi) is 11.2. The Morgan fingerprint density at radius 3 is 1.87 bits per heavy atom. The van der Waals surface area contributed by atoms with Crippen LogP contribution >= 0.6 is 0 Å². The van der Waals surface area contributed by atoms with Gasteiger partial charge in [-0.3, -0.25) is 14.3 Å². The summed E-state index contributed by atoms with van der Waals surface area (Å²) in [5.74, 6) is -0.518. The van der Waals surface area contributed by atoms with Crippen molar-refractivity contribution >= 4 is 44.5 Å². The van der Waals surface area contributed by atoms with Crippen LogP contribution in [-0.4, -0.2) is 44.9 Å². The smallest absolute Gasteiger partial charge is 0.860 e. The number of carbonyl (C=O) groups excluding carboxylic acids is 1. The first-order valence-electron chi connectivity index (χ1n) is 10.6. The third-order valence-corrected chi connectivity index (χ3v) is 5.66. The van der Waals surface area contributed by atoms with E-state index in [-0.39, 0.29) is 40.1 Å². The fourth-order valence-corrected chi connectivity index (χ4v) is 3.35. The van der Waals surface area contributed by atoms with Crippen molar-refractivity contribution in [3.05, 3.63) is 66.7 Å². The predicted molar refractivity (Wildman–Crippen MR) is 133 cm³/mol. The van der Waals surface area contributed by atoms with Crippen LogP contribution in [0.4, 0.5) is 22.7 Å². The van der Waals surface area contributed by atoms with Crippen LogP contribution in [0.15, 0.2) is 97.1 Å². The largest absolute Gasteiger partial charge is 1.00 e. The van der Waals surface area contributed by atoms with Gasteiger partial charge < -0.3 is 14.6 Å². The maximum Gasteiger partial charge on any atom is 1.00 e. The van der Waals surface area contributed by atoms with Crippen molar-refractivity contribution in [1.29, 1.82) is 0 Å². The molecule has 0 saturated carbocycles. The van der Waals surface area contributed by atoms with Crippen LogP contribution in [0, 0.1) is 0 Å². The van der Waals surface area contributed by atoms with Crippen molar-refractivity contribution in [1.82, 2.24) is 0 Å². The van der Waals surface area contributed by atoms with Crippen molar-refractivity contribution in [3.8, 4) is 11.5 Å². The predicted octanol–water partition coefficient (Wildman–Crippen LogP) is 1.50. The van der Waals surface area contributed by atoms with E-state index in [1.165, 1.54) is 51.5 Å². The second-order valence-electron chi connectivity index (χ2n) is 7.40.